The molecule has 1 aromatic rings. The van der Waals surface area contributed by atoms with Crippen molar-refractivity contribution in [3.8, 4) is 5.75 Å². The van der Waals surface area contributed by atoms with Crippen molar-refractivity contribution in [2.75, 3.05) is 6.54 Å². The molecule has 0 radical (unpaired) electrons. The lowest BCUT2D eigenvalue weighted by atomic mass is 9.99. The molecule has 2 aliphatic heterocycles. The fourth-order valence-electron chi connectivity index (χ4n) is 3.29. The average molecular weight is 303 g/mol. The van der Waals surface area contributed by atoms with Gasteiger partial charge in [0.2, 0.25) is 0 Å². The quantitative estimate of drug-likeness (QED) is 0.908. The zero-order valence-electron chi connectivity index (χ0n) is 13.0. The Morgan fingerprint density at radius 3 is 2.68 bits per heavy atom. The van der Waals surface area contributed by atoms with Crippen molar-refractivity contribution in [3.63, 3.8) is 0 Å². The van der Waals surface area contributed by atoms with E-state index in [0.717, 1.165) is 29.7 Å². The fourth-order valence-corrected chi connectivity index (χ4v) is 3.29. The second kappa shape index (κ2) is 5.63. The Hall–Kier alpha value is -2.04. The lowest BCUT2D eigenvalue weighted by Gasteiger charge is -2.34. The molecule has 2 aliphatic rings. The normalized spacial score (nSPS) is 23.8. The topological polar surface area (TPSA) is 66.8 Å². The summed E-state index contributed by atoms with van der Waals surface area (Å²) < 4.78 is 5.80. The third-order valence-electron chi connectivity index (χ3n) is 4.70. The first-order chi connectivity index (χ1) is 10.5. The van der Waals surface area contributed by atoms with Gasteiger partial charge in [-0.05, 0) is 55.9 Å². The van der Waals surface area contributed by atoms with E-state index < -0.39 is 18.1 Å². The second-order valence-electron chi connectivity index (χ2n) is 6.24. The summed E-state index contributed by atoms with van der Waals surface area (Å²) in [5.74, 6) is -0.362. The number of carboxylic acid groups (broad SMARTS) is 1. The third kappa shape index (κ3) is 2.56. The van der Waals surface area contributed by atoms with Gasteiger partial charge < -0.3 is 14.7 Å². The summed E-state index contributed by atoms with van der Waals surface area (Å²) >= 11 is 0. The van der Waals surface area contributed by atoms with Crippen LogP contribution in [0.2, 0.25) is 0 Å². The molecule has 2 heterocycles. The Labute approximate surface area is 129 Å². The molecule has 0 spiro atoms. The lowest BCUT2D eigenvalue weighted by molar-refractivity contribution is -0.155. The van der Waals surface area contributed by atoms with E-state index in [1.54, 1.807) is 0 Å². The summed E-state index contributed by atoms with van der Waals surface area (Å²) in [6.07, 6.45) is 2.17. The Kier molecular flexibility index (Phi) is 3.81. The molecule has 1 saturated heterocycles. The molecule has 1 fully saturated rings. The number of benzene rings is 1. The maximum Gasteiger partial charge on any atom is 0.326 e. The molecule has 0 aliphatic carbocycles. The Balaban J connectivity index is 1.78. The van der Waals surface area contributed by atoms with Gasteiger partial charge >= 0.3 is 5.97 Å². The van der Waals surface area contributed by atoms with Crippen LogP contribution in [0.3, 0.4) is 0 Å². The molecule has 5 nitrogen and oxygen atoms in total. The van der Waals surface area contributed by atoms with Gasteiger partial charge in [-0.1, -0.05) is 6.07 Å². The molecule has 0 aromatic heterocycles. The molecule has 0 bridgehead atoms. The molecule has 2 atom stereocenters. The van der Waals surface area contributed by atoms with Gasteiger partial charge in [-0.2, -0.15) is 0 Å². The van der Waals surface area contributed by atoms with Gasteiger partial charge in [0.25, 0.3) is 5.91 Å². The zero-order valence-corrected chi connectivity index (χ0v) is 13.0. The van der Waals surface area contributed by atoms with Crippen LogP contribution in [0.5, 0.6) is 5.75 Å². The molecule has 0 saturated carbocycles. The molecule has 1 amide bonds. The smallest absolute Gasteiger partial charge is 0.326 e. The molecule has 22 heavy (non-hydrogen) atoms. The summed E-state index contributed by atoms with van der Waals surface area (Å²) in [4.78, 5) is 25.5. The maximum atomic E-state index is 12.7. The third-order valence-corrected chi connectivity index (χ3v) is 4.70. The summed E-state index contributed by atoms with van der Waals surface area (Å²) in [5.41, 5.74) is 3.34. The van der Waals surface area contributed by atoms with E-state index in [9.17, 15) is 14.7 Å². The molecular weight excluding hydrogens is 282 g/mol. The maximum absolute atomic E-state index is 12.7. The predicted molar refractivity (Wildman–Crippen MR) is 81.0 cm³/mol. The number of carboxylic acids is 1. The first-order valence-corrected chi connectivity index (χ1v) is 7.77. The monoisotopic (exact) mass is 303 g/mol. The van der Waals surface area contributed by atoms with E-state index in [2.05, 4.69) is 6.07 Å². The molecule has 1 aromatic carbocycles. The van der Waals surface area contributed by atoms with Crippen LogP contribution < -0.4 is 4.74 Å². The highest BCUT2D eigenvalue weighted by Gasteiger charge is 2.38. The number of piperidine rings is 1. The van der Waals surface area contributed by atoms with Gasteiger partial charge in [0.1, 0.15) is 11.8 Å². The van der Waals surface area contributed by atoms with Crippen molar-refractivity contribution in [1.29, 1.82) is 0 Å². The summed E-state index contributed by atoms with van der Waals surface area (Å²) in [6.45, 7) is 4.55. The molecular formula is C17H21NO4. The van der Waals surface area contributed by atoms with Crippen LogP contribution in [0.4, 0.5) is 0 Å². The highest BCUT2D eigenvalue weighted by atomic mass is 16.5. The van der Waals surface area contributed by atoms with Crippen molar-refractivity contribution in [3.05, 3.63) is 28.8 Å². The number of aryl methyl sites for hydroxylation is 2. The van der Waals surface area contributed by atoms with Gasteiger partial charge in [-0.3, -0.25) is 4.79 Å². The number of fused-ring (bicyclic) bond motifs is 1. The van der Waals surface area contributed by atoms with E-state index >= 15 is 0 Å². The number of nitrogens with zero attached hydrogens (tertiary/aromatic N) is 1. The first-order valence-electron chi connectivity index (χ1n) is 7.77. The van der Waals surface area contributed by atoms with Gasteiger partial charge in [0.15, 0.2) is 6.10 Å². The largest absolute Gasteiger partial charge is 0.480 e. The fraction of sp³-hybridized carbons (Fsp3) is 0.529. The Morgan fingerprint density at radius 1 is 1.23 bits per heavy atom. The number of rotatable bonds is 2. The molecule has 3 rings (SSSR count). The number of aliphatic carboxylic acids is 1. The first kappa shape index (κ1) is 14.9. The average Bonchev–Trinajstić information content (AvgIpc) is 2.89. The van der Waals surface area contributed by atoms with E-state index in [-0.39, 0.29) is 5.91 Å². The van der Waals surface area contributed by atoms with Crippen LogP contribution in [0, 0.1) is 13.8 Å². The number of carbonyl (C=O) groups excluding carboxylic acids is 1. The predicted octanol–water partition coefficient (Wildman–Crippen LogP) is 2.07. The van der Waals surface area contributed by atoms with Crippen molar-refractivity contribution in [2.24, 2.45) is 0 Å². The minimum absolute atomic E-state index is 0.196. The molecule has 0 unspecified atom stereocenters. The van der Waals surface area contributed by atoms with Gasteiger partial charge in [-0.25, -0.2) is 4.79 Å². The van der Waals surface area contributed by atoms with Crippen LogP contribution in [-0.4, -0.2) is 40.6 Å². The number of hydrogen-bond acceptors (Lipinski definition) is 3. The number of ether oxygens (including phenoxy) is 1. The van der Waals surface area contributed by atoms with E-state index in [1.165, 1.54) is 10.5 Å². The van der Waals surface area contributed by atoms with Crippen LogP contribution in [-0.2, 0) is 16.0 Å². The van der Waals surface area contributed by atoms with Gasteiger partial charge in [-0.15, -0.1) is 0 Å². The van der Waals surface area contributed by atoms with Crippen molar-refractivity contribution >= 4 is 11.9 Å². The van der Waals surface area contributed by atoms with Crippen LogP contribution in [0.25, 0.3) is 0 Å². The van der Waals surface area contributed by atoms with Crippen molar-refractivity contribution in [1.82, 2.24) is 4.90 Å². The zero-order chi connectivity index (χ0) is 15.9. The highest BCUT2D eigenvalue weighted by Crippen LogP contribution is 2.33. The van der Waals surface area contributed by atoms with Crippen LogP contribution >= 0.6 is 0 Å². The van der Waals surface area contributed by atoms with E-state index in [4.69, 9.17) is 4.74 Å². The van der Waals surface area contributed by atoms with Crippen molar-refractivity contribution < 1.29 is 19.4 Å². The van der Waals surface area contributed by atoms with Crippen LogP contribution in [0.15, 0.2) is 12.1 Å². The van der Waals surface area contributed by atoms with E-state index in [0.29, 0.717) is 19.4 Å². The highest BCUT2D eigenvalue weighted by molar-refractivity contribution is 5.87. The molecule has 1 N–H and O–H groups in total. The standard InChI is InChI=1S/C17H21NO4/c1-10-7-12-9-15(22-14(12)8-11(10)2)16(19)18-6-4-3-5-13(18)17(20)21/h7-8,13,15H,3-6,9H2,1-2H3,(H,20,21)/t13-,15+/m0/s1. The van der Waals surface area contributed by atoms with E-state index in [1.807, 2.05) is 19.9 Å². The van der Waals surface area contributed by atoms with Crippen molar-refractivity contribution in [2.45, 2.75) is 51.7 Å². The number of hydrogen-bond donors (Lipinski definition) is 1. The minimum atomic E-state index is -0.921. The minimum Gasteiger partial charge on any atom is -0.480 e. The Bertz CT molecular complexity index is 594. The SMILES string of the molecule is Cc1cc2c(cc1C)O[C@@H](C(=O)N1CCCC[C@H]1C(=O)O)C2. The lowest BCUT2D eigenvalue weighted by Crippen LogP contribution is -2.52. The summed E-state index contributed by atoms with van der Waals surface area (Å²) in [7, 11) is 0. The Morgan fingerprint density at radius 2 is 1.95 bits per heavy atom. The number of carbonyl (C=O) groups is 2. The summed E-state index contributed by atoms with van der Waals surface area (Å²) in [5, 5.41) is 9.31. The number of likely N-dealkylation sites (tertiary alicyclic amines) is 1. The van der Waals surface area contributed by atoms with Gasteiger partial charge in [0, 0.05) is 13.0 Å². The molecule has 5 heteroatoms. The number of amides is 1. The van der Waals surface area contributed by atoms with Crippen LogP contribution in [0.1, 0.15) is 36.0 Å². The summed E-state index contributed by atoms with van der Waals surface area (Å²) in [6, 6.07) is 3.31. The second-order valence-corrected chi connectivity index (χ2v) is 6.24. The molecule has 118 valence electrons. The van der Waals surface area contributed by atoms with Gasteiger partial charge in [0.05, 0.1) is 0 Å².